The number of unbranched alkanes of at least 4 members (excludes halogenated alkanes) is 3. The summed E-state index contributed by atoms with van der Waals surface area (Å²) in [5.41, 5.74) is 0.436. The average molecular weight is 736 g/mol. The van der Waals surface area contributed by atoms with Gasteiger partial charge in [0.1, 0.15) is 11.5 Å². The van der Waals surface area contributed by atoms with Crippen LogP contribution in [0.15, 0.2) is 57.1 Å². The van der Waals surface area contributed by atoms with E-state index in [-0.39, 0.29) is 52.8 Å². The summed E-state index contributed by atoms with van der Waals surface area (Å²) in [7, 11) is -4.90. The molecule has 1 saturated carbocycles. The third-order valence-electron chi connectivity index (χ3n) is 8.45. The molecule has 1 aromatic carbocycles. The van der Waals surface area contributed by atoms with Crippen LogP contribution in [0.5, 0.6) is 5.75 Å². The van der Waals surface area contributed by atoms with Crippen molar-refractivity contribution in [2.45, 2.75) is 75.2 Å². The summed E-state index contributed by atoms with van der Waals surface area (Å²) < 4.78 is 65.7. The van der Waals surface area contributed by atoms with Crippen LogP contribution >= 0.6 is 0 Å². The maximum atomic E-state index is 13.2. The van der Waals surface area contributed by atoms with Crippen LogP contribution in [0.2, 0.25) is 0 Å². The zero-order valence-electron chi connectivity index (χ0n) is 28.2. The number of carbonyl (C=O) groups is 2. The molecule has 0 bridgehead atoms. The number of anilines is 1. The molecule has 15 nitrogen and oxygen atoms in total. The van der Waals surface area contributed by atoms with Crippen molar-refractivity contribution in [3.63, 3.8) is 0 Å². The van der Waals surface area contributed by atoms with Gasteiger partial charge >= 0.3 is 5.63 Å². The minimum Gasteiger partial charge on any atom is -0.507 e. The second kappa shape index (κ2) is 17.1. The maximum absolute atomic E-state index is 13.2. The van der Waals surface area contributed by atoms with E-state index in [1.165, 1.54) is 35.1 Å². The molecule has 4 rings (SSSR count). The van der Waals surface area contributed by atoms with Crippen LogP contribution in [-0.4, -0.2) is 78.7 Å². The fourth-order valence-electron chi connectivity index (χ4n) is 5.64. The first-order valence-electron chi connectivity index (χ1n) is 16.6. The number of aryl methyl sites for hydroxylation is 2. The molecule has 0 saturated heterocycles. The molecule has 1 unspecified atom stereocenters. The van der Waals surface area contributed by atoms with Crippen LogP contribution in [0.1, 0.15) is 80.6 Å². The standard InChI is InChI=1S/C33H45N5O10S2/c1-37-21-29(35-22-37)50(46,47)36-25-10-7-9-24(19-25)31(23-14-15-23)32-27(39)20-26(48-33(32)42)11-8-16-34-28(40)12-5-3-4-6-13-30(41)38(2)17-18-49(43,44)45/h7,9-10,19-23,31,36,39H,3-6,8,11-18H2,1-2H3,(H,34,40)(H,43,44,45). The molecule has 2 aromatic heterocycles. The van der Waals surface area contributed by atoms with E-state index in [9.17, 15) is 36.3 Å². The van der Waals surface area contributed by atoms with Crippen molar-refractivity contribution in [1.29, 1.82) is 0 Å². The Morgan fingerprint density at radius 3 is 2.44 bits per heavy atom. The Balaban J connectivity index is 1.22. The van der Waals surface area contributed by atoms with Crippen LogP contribution in [0.3, 0.4) is 0 Å². The predicted molar refractivity (Wildman–Crippen MR) is 185 cm³/mol. The van der Waals surface area contributed by atoms with Gasteiger partial charge < -0.3 is 24.3 Å². The summed E-state index contributed by atoms with van der Waals surface area (Å²) in [4.78, 5) is 42.7. The molecule has 1 atom stereocenters. The minimum atomic E-state index is -4.12. The number of sulfonamides is 1. The smallest absolute Gasteiger partial charge is 0.343 e. The van der Waals surface area contributed by atoms with Gasteiger partial charge in [0.2, 0.25) is 11.8 Å². The van der Waals surface area contributed by atoms with E-state index < -0.39 is 37.4 Å². The summed E-state index contributed by atoms with van der Waals surface area (Å²) >= 11 is 0. The van der Waals surface area contributed by atoms with E-state index in [0.29, 0.717) is 49.9 Å². The topological polar surface area (TPSA) is 218 Å². The Hall–Kier alpha value is -4.22. The molecule has 2 amide bonds. The Labute approximate surface area is 291 Å². The number of hydrogen-bond donors (Lipinski definition) is 4. The molecular weight excluding hydrogens is 691 g/mol. The number of benzene rings is 1. The van der Waals surface area contributed by atoms with Gasteiger partial charge in [-0.25, -0.2) is 9.78 Å². The number of carbonyl (C=O) groups excluding carboxylic acids is 2. The number of imidazole rings is 1. The van der Waals surface area contributed by atoms with Crippen molar-refractivity contribution < 1.29 is 40.5 Å². The summed E-state index contributed by atoms with van der Waals surface area (Å²) in [5, 5.41) is 13.7. The van der Waals surface area contributed by atoms with E-state index >= 15 is 0 Å². The van der Waals surface area contributed by atoms with Crippen molar-refractivity contribution in [3.05, 3.63) is 70.2 Å². The largest absolute Gasteiger partial charge is 0.507 e. The summed E-state index contributed by atoms with van der Waals surface area (Å²) in [6.45, 7) is 0.276. The lowest BCUT2D eigenvalue weighted by molar-refractivity contribution is -0.129. The first kappa shape index (κ1) is 38.6. The molecule has 0 aliphatic heterocycles. The molecule has 1 aliphatic rings. The first-order valence-corrected chi connectivity index (χ1v) is 19.6. The van der Waals surface area contributed by atoms with Gasteiger partial charge in [-0.2, -0.15) is 16.8 Å². The second-order valence-corrected chi connectivity index (χ2v) is 15.9. The number of nitrogens with one attached hydrogen (secondary N) is 2. The van der Waals surface area contributed by atoms with Gasteiger partial charge in [0, 0.05) is 70.3 Å². The quantitative estimate of drug-likeness (QED) is 0.0976. The van der Waals surface area contributed by atoms with Gasteiger partial charge in [-0.05, 0) is 55.7 Å². The van der Waals surface area contributed by atoms with Crippen molar-refractivity contribution in [3.8, 4) is 5.75 Å². The normalized spacial score (nSPS) is 13.9. The lowest BCUT2D eigenvalue weighted by Gasteiger charge is -2.19. The fourth-order valence-corrected chi connectivity index (χ4v) is 7.18. The molecule has 50 heavy (non-hydrogen) atoms. The highest BCUT2D eigenvalue weighted by Crippen LogP contribution is 2.48. The molecule has 0 radical (unpaired) electrons. The van der Waals surface area contributed by atoms with E-state index in [4.69, 9.17) is 8.97 Å². The molecule has 3 aromatic rings. The molecule has 0 spiro atoms. The summed E-state index contributed by atoms with van der Waals surface area (Å²) in [6, 6.07) is 8.16. The van der Waals surface area contributed by atoms with E-state index in [0.717, 1.165) is 25.7 Å². The number of aromatic hydroxyl groups is 1. The van der Waals surface area contributed by atoms with Crippen molar-refractivity contribution in [2.75, 3.05) is 30.6 Å². The second-order valence-electron chi connectivity index (χ2n) is 12.7. The number of nitrogens with zero attached hydrogens (tertiary/aromatic N) is 3. The number of hydrogen-bond acceptors (Lipinski definition) is 10. The van der Waals surface area contributed by atoms with Crippen LogP contribution in [0, 0.1) is 5.92 Å². The Kier molecular flexibility index (Phi) is 13.2. The zero-order chi connectivity index (χ0) is 36.5. The first-order chi connectivity index (χ1) is 23.6. The molecule has 2 heterocycles. The van der Waals surface area contributed by atoms with Crippen molar-refractivity contribution in [1.82, 2.24) is 19.8 Å². The van der Waals surface area contributed by atoms with E-state index in [1.807, 2.05) is 0 Å². The number of amides is 2. The highest BCUT2D eigenvalue weighted by molar-refractivity contribution is 7.92. The van der Waals surface area contributed by atoms with Gasteiger partial charge in [-0.1, -0.05) is 25.0 Å². The molecule has 1 fully saturated rings. The van der Waals surface area contributed by atoms with Crippen LogP contribution in [0.4, 0.5) is 5.69 Å². The van der Waals surface area contributed by atoms with E-state index in [1.54, 1.807) is 31.3 Å². The lowest BCUT2D eigenvalue weighted by atomic mass is 9.87. The Morgan fingerprint density at radius 1 is 1.08 bits per heavy atom. The van der Waals surface area contributed by atoms with Gasteiger partial charge in [-0.3, -0.25) is 18.9 Å². The predicted octanol–water partition coefficient (Wildman–Crippen LogP) is 3.16. The van der Waals surface area contributed by atoms with Gasteiger partial charge in [0.15, 0.2) is 5.03 Å². The molecular formula is C33H45N5O10S2. The Bertz CT molecular complexity index is 1920. The third-order valence-corrected chi connectivity index (χ3v) is 10.4. The molecule has 1 aliphatic carbocycles. The van der Waals surface area contributed by atoms with Crippen LogP contribution in [0.25, 0.3) is 0 Å². The average Bonchev–Trinajstić information content (AvgIpc) is 3.78. The lowest BCUT2D eigenvalue weighted by Crippen LogP contribution is -2.31. The van der Waals surface area contributed by atoms with Gasteiger partial charge in [0.25, 0.3) is 20.1 Å². The summed E-state index contributed by atoms with van der Waals surface area (Å²) in [5.74, 6) is -1.14. The van der Waals surface area contributed by atoms with Crippen molar-refractivity contribution >= 4 is 37.6 Å². The third kappa shape index (κ3) is 11.7. The van der Waals surface area contributed by atoms with Gasteiger partial charge in [-0.15, -0.1) is 0 Å². The van der Waals surface area contributed by atoms with Crippen molar-refractivity contribution in [2.24, 2.45) is 13.0 Å². The molecule has 274 valence electrons. The minimum absolute atomic E-state index is 0.0730. The summed E-state index contributed by atoms with van der Waals surface area (Å²) in [6.07, 6.45) is 8.57. The highest BCUT2D eigenvalue weighted by atomic mass is 32.2. The van der Waals surface area contributed by atoms with Crippen LogP contribution < -0.4 is 15.7 Å². The Morgan fingerprint density at radius 2 is 1.80 bits per heavy atom. The highest BCUT2D eigenvalue weighted by Gasteiger charge is 2.37. The SMILES string of the molecule is CN(CCS(=O)(=O)O)C(=O)CCCCCCC(=O)NCCCc1cc(O)c(C(c2cccc(NS(=O)(=O)c3cn(C)cn3)c2)C2CC2)c(=O)o1. The molecule has 4 N–H and O–H groups in total. The monoisotopic (exact) mass is 735 g/mol. The number of rotatable bonds is 20. The van der Waals surface area contributed by atoms with Crippen LogP contribution in [-0.2, 0) is 43.2 Å². The fraction of sp³-hybridized carbons (Fsp3) is 0.515. The number of aromatic nitrogens is 2. The van der Waals surface area contributed by atoms with Gasteiger partial charge in [0.05, 0.1) is 17.6 Å². The zero-order valence-corrected chi connectivity index (χ0v) is 29.8. The maximum Gasteiger partial charge on any atom is 0.343 e. The van der Waals surface area contributed by atoms with E-state index in [2.05, 4.69) is 15.0 Å². The molecule has 17 heteroatoms.